The lowest BCUT2D eigenvalue weighted by atomic mass is 10.0. The van der Waals surface area contributed by atoms with Gasteiger partial charge in [0.05, 0.1) is 18.7 Å². The lowest BCUT2D eigenvalue weighted by Crippen LogP contribution is -2.40. The van der Waals surface area contributed by atoms with Gasteiger partial charge in [0, 0.05) is 19.2 Å². The van der Waals surface area contributed by atoms with Crippen LogP contribution in [0.1, 0.15) is 26.7 Å². The summed E-state index contributed by atoms with van der Waals surface area (Å²) in [5, 5.41) is 6.27. The summed E-state index contributed by atoms with van der Waals surface area (Å²) in [6, 6.07) is 3.25. The molecule has 1 saturated heterocycles. The molecule has 5 nitrogen and oxygen atoms in total. The topological polar surface area (TPSA) is 54.9 Å². The van der Waals surface area contributed by atoms with Crippen LogP contribution in [0.25, 0.3) is 0 Å². The monoisotopic (exact) mass is 469 g/mol. The van der Waals surface area contributed by atoms with Crippen molar-refractivity contribution in [3.63, 3.8) is 0 Å². The van der Waals surface area contributed by atoms with Crippen LogP contribution in [-0.2, 0) is 4.74 Å². The highest BCUT2D eigenvalue weighted by Crippen LogP contribution is 2.25. The van der Waals surface area contributed by atoms with E-state index in [1.165, 1.54) is 12.1 Å². The van der Waals surface area contributed by atoms with Crippen molar-refractivity contribution in [2.24, 2.45) is 4.99 Å². The van der Waals surface area contributed by atoms with Crippen molar-refractivity contribution in [1.82, 2.24) is 10.6 Å². The Morgan fingerprint density at radius 2 is 2.16 bits per heavy atom. The molecule has 0 bridgehead atoms. The number of hydrogen-bond donors (Lipinski definition) is 2. The fraction of sp³-hybridized carbons (Fsp3) is 0.588. The van der Waals surface area contributed by atoms with Crippen molar-refractivity contribution in [3.05, 3.63) is 29.8 Å². The number of nitrogens with one attached hydrogen (secondary N) is 2. The summed E-state index contributed by atoms with van der Waals surface area (Å²) in [5.74, 6) is -0.631. The SMILES string of the molecule is CCNC(=NCC1(C)CCCO1)NCCOc1ccc(F)cc1F.I. The van der Waals surface area contributed by atoms with Gasteiger partial charge in [-0.15, -0.1) is 24.0 Å². The van der Waals surface area contributed by atoms with E-state index < -0.39 is 11.6 Å². The molecule has 0 radical (unpaired) electrons. The smallest absolute Gasteiger partial charge is 0.191 e. The second-order valence-corrected chi connectivity index (χ2v) is 5.95. The number of aliphatic imine (C=N–C) groups is 1. The standard InChI is InChI=1S/C17H25F2N3O2.HI/c1-3-20-16(22-12-17(2)7-4-9-24-17)21-8-10-23-15-6-5-13(18)11-14(15)19;/h5-6,11H,3-4,7-10,12H2,1-2H3,(H2,20,21,22);1H. The fourth-order valence-corrected chi connectivity index (χ4v) is 2.47. The zero-order valence-corrected chi connectivity index (χ0v) is 16.9. The molecule has 1 aromatic carbocycles. The van der Waals surface area contributed by atoms with E-state index in [4.69, 9.17) is 9.47 Å². The van der Waals surface area contributed by atoms with Crippen molar-refractivity contribution >= 4 is 29.9 Å². The summed E-state index contributed by atoms with van der Waals surface area (Å²) in [6.45, 7) is 6.82. The minimum absolute atomic E-state index is 0. The first-order chi connectivity index (χ1) is 11.5. The number of ether oxygens (including phenoxy) is 2. The molecule has 1 fully saturated rings. The van der Waals surface area contributed by atoms with Crippen LogP contribution in [0.2, 0.25) is 0 Å². The van der Waals surface area contributed by atoms with Gasteiger partial charge in [0.1, 0.15) is 12.4 Å². The third kappa shape index (κ3) is 7.31. The molecule has 8 heteroatoms. The Kier molecular flexibility index (Phi) is 9.41. The Balaban J connectivity index is 0.00000312. The Hall–Kier alpha value is -1.16. The summed E-state index contributed by atoms with van der Waals surface area (Å²) >= 11 is 0. The number of guanidine groups is 1. The molecule has 2 N–H and O–H groups in total. The zero-order chi connectivity index (χ0) is 17.4. The van der Waals surface area contributed by atoms with Crippen molar-refractivity contribution in [1.29, 1.82) is 0 Å². The Labute approximate surface area is 164 Å². The van der Waals surface area contributed by atoms with E-state index in [0.29, 0.717) is 19.0 Å². The van der Waals surface area contributed by atoms with Crippen molar-refractivity contribution in [2.75, 3.05) is 32.8 Å². The summed E-state index contributed by atoms with van der Waals surface area (Å²) in [5.41, 5.74) is -0.198. The number of nitrogens with zero attached hydrogens (tertiary/aromatic N) is 1. The van der Waals surface area contributed by atoms with Crippen LogP contribution in [-0.4, -0.2) is 44.4 Å². The van der Waals surface area contributed by atoms with Crippen molar-refractivity contribution in [3.8, 4) is 5.75 Å². The predicted molar refractivity (Wildman–Crippen MR) is 105 cm³/mol. The van der Waals surface area contributed by atoms with E-state index in [0.717, 1.165) is 32.1 Å². The molecule has 0 amide bonds. The largest absolute Gasteiger partial charge is 0.489 e. The number of rotatable bonds is 7. The molecular formula is C17H26F2IN3O2. The Bertz CT molecular complexity index is 567. The molecule has 25 heavy (non-hydrogen) atoms. The van der Waals surface area contributed by atoms with E-state index >= 15 is 0 Å². The summed E-state index contributed by atoms with van der Waals surface area (Å²) < 4.78 is 37.3. The number of benzene rings is 1. The molecule has 0 saturated carbocycles. The molecule has 0 spiro atoms. The van der Waals surface area contributed by atoms with E-state index in [1.807, 2.05) is 6.92 Å². The van der Waals surface area contributed by atoms with E-state index in [9.17, 15) is 8.78 Å². The van der Waals surface area contributed by atoms with Gasteiger partial charge in [-0.1, -0.05) is 0 Å². The summed E-state index contributed by atoms with van der Waals surface area (Å²) in [4.78, 5) is 4.53. The minimum Gasteiger partial charge on any atom is -0.489 e. The molecule has 2 rings (SSSR count). The predicted octanol–water partition coefficient (Wildman–Crippen LogP) is 3.09. The van der Waals surface area contributed by atoms with Crippen molar-refractivity contribution in [2.45, 2.75) is 32.3 Å². The van der Waals surface area contributed by atoms with Gasteiger partial charge in [0.2, 0.25) is 0 Å². The van der Waals surface area contributed by atoms with E-state index in [2.05, 4.69) is 22.5 Å². The number of hydrogen-bond acceptors (Lipinski definition) is 3. The molecule has 142 valence electrons. The highest BCUT2D eigenvalue weighted by Gasteiger charge is 2.29. The molecule has 1 heterocycles. The highest BCUT2D eigenvalue weighted by molar-refractivity contribution is 14.0. The van der Waals surface area contributed by atoms with E-state index in [1.54, 1.807) is 0 Å². The molecule has 1 atom stereocenters. The Morgan fingerprint density at radius 1 is 1.36 bits per heavy atom. The maximum Gasteiger partial charge on any atom is 0.191 e. The third-order valence-corrected chi connectivity index (χ3v) is 3.76. The second-order valence-electron chi connectivity index (χ2n) is 5.95. The zero-order valence-electron chi connectivity index (χ0n) is 14.6. The van der Waals surface area contributed by atoms with Gasteiger partial charge in [-0.3, -0.25) is 4.99 Å². The first-order valence-electron chi connectivity index (χ1n) is 8.26. The quantitative estimate of drug-likeness (QED) is 0.279. The fourth-order valence-electron chi connectivity index (χ4n) is 2.47. The molecule has 0 aliphatic carbocycles. The second kappa shape index (κ2) is 10.7. The van der Waals surface area contributed by atoms with Gasteiger partial charge in [-0.25, -0.2) is 8.78 Å². The summed E-state index contributed by atoms with van der Waals surface area (Å²) in [7, 11) is 0. The van der Waals surface area contributed by atoms with E-state index in [-0.39, 0.29) is 41.9 Å². The van der Waals surface area contributed by atoms with Crippen LogP contribution in [0.5, 0.6) is 5.75 Å². The van der Waals surface area contributed by atoms with Gasteiger partial charge >= 0.3 is 0 Å². The first-order valence-corrected chi connectivity index (χ1v) is 8.26. The van der Waals surface area contributed by atoms with Crippen LogP contribution in [0.4, 0.5) is 8.78 Å². The molecular weight excluding hydrogens is 443 g/mol. The van der Waals surface area contributed by atoms with Crippen LogP contribution < -0.4 is 15.4 Å². The van der Waals surface area contributed by atoms with Gasteiger partial charge < -0.3 is 20.1 Å². The molecule has 1 unspecified atom stereocenters. The van der Waals surface area contributed by atoms with Crippen molar-refractivity contribution < 1.29 is 18.3 Å². The maximum atomic E-state index is 13.5. The Morgan fingerprint density at radius 3 is 2.80 bits per heavy atom. The maximum absolute atomic E-state index is 13.5. The molecule has 0 aromatic heterocycles. The normalized spacial score (nSPS) is 20.1. The number of halogens is 3. The molecule has 1 aliphatic heterocycles. The molecule has 1 aromatic rings. The van der Waals surface area contributed by atoms with Gasteiger partial charge in [-0.05, 0) is 38.8 Å². The molecule has 1 aliphatic rings. The average molecular weight is 469 g/mol. The highest BCUT2D eigenvalue weighted by atomic mass is 127. The lowest BCUT2D eigenvalue weighted by Gasteiger charge is -2.21. The van der Waals surface area contributed by atoms with Gasteiger partial charge in [0.15, 0.2) is 17.5 Å². The summed E-state index contributed by atoms with van der Waals surface area (Å²) in [6.07, 6.45) is 2.07. The van der Waals surface area contributed by atoms with Crippen LogP contribution >= 0.6 is 24.0 Å². The van der Waals surface area contributed by atoms with Gasteiger partial charge in [0.25, 0.3) is 0 Å². The first kappa shape index (κ1) is 21.9. The average Bonchev–Trinajstić information content (AvgIpc) is 2.98. The lowest BCUT2D eigenvalue weighted by molar-refractivity contribution is 0.0283. The minimum atomic E-state index is -0.707. The van der Waals surface area contributed by atoms with Gasteiger partial charge in [-0.2, -0.15) is 0 Å². The van der Waals surface area contributed by atoms with Crippen LogP contribution in [0.3, 0.4) is 0 Å². The van der Waals surface area contributed by atoms with Crippen LogP contribution in [0.15, 0.2) is 23.2 Å². The third-order valence-electron chi connectivity index (χ3n) is 3.76. The van der Waals surface area contributed by atoms with Crippen LogP contribution in [0, 0.1) is 11.6 Å².